The van der Waals surface area contributed by atoms with Gasteiger partial charge in [-0.2, -0.15) is 8.42 Å². The van der Waals surface area contributed by atoms with Crippen molar-refractivity contribution in [1.29, 1.82) is 0 Å². The van der Waals surface area contributed by atoms with E-state index >= 15 is 0 Å². The van der Waals surface area contributed by atoms with Crippen molar-refractivity contribution in [2.75, 3.05) is 0 Å². The molecule has 146 valence electrons. The van der Waals surface area contributed by atoms with Crippen molar-refractivity contribution in [2.45, 2.75) is 58.0 Å². The lowest BCUT2D eigenvalue weighted by molar-refractivity contribution is -0.117. The Morgan fingerprint density at radius 1 is 1.19 bits per heavy atom. The summed E-state index contributed by atoms with van der Waals surface area (Å²) in [6, 6.07) is 5.66. The third kappa shape index (κ3) is 4.94. The number of nitrogens with one attached hydrogen (secondary N) is 1. The van der Waals surface area contributed by atoms with Crippen LogP contribution in [0.5, 0.6) is 0 Å². The first kappa shape index (κ1) is 19.5. The summed E-state index contributed by atoms with van der Waals surface area (Å²) in [4.78, 5) is 12.7. The maximum Gasteiger partial charge on any atom is 0.344 e. The molecule has 1 aromatic carbocycles. The Labute approximate surface area is 159 Å². The van der Waals surface area contributed by atoms with Crippen molar-refractivity contribution >= 4 is 21.8 Å². The zero-order chi connectivity index (χ0) is 19.4. The van der Waals surface area contributed by atoms with E-state index in [1.807, 2.05) is 0 Å². The first-order valence-corrected chi connectivity index (χ1v) is 10.6. The SMILES string of the molecule is CC1=NS(=O)(=O)N(Cc2ccc(F)cc2)C=C1C(=O)NC1CCCCCC1. The second kappa shape index (κ2) is 8.21. The molecule has 1 fully saturated rings. The van der Waals surface area contributed by atoms with Gasteiger partial charge in [-0.05, 0) is 37.5 Å². The Balaban J connectivity index is 1.78. The minimum atomic E-state index is -3.92. The number of hydrogen-bond donors (Lipinski definition) is 1. The number of halogens is 1. The van der Waals surface area contributed by atoms with Gasteiger partial charge in [-0.3, -0.25) is 9.10 Å². The van der Waals surface area contributed by atoms with Crippen molar-refractivity contribution < 1.29 is 17.6 Å². The summed E-state index contributed by atoms with van der Waals surface area (Å²) >= 11 is 0. The van der Waals surface area contributed by atoms with Crippen molar-refractivity contribution in [2.24, 2.45) is 4.40 Å². The average molecular weight is 393 g/mol. The topological polar surface area (TPSA) is 78.8 Å². The number of hydrogen-bond acceptors (Lipinski definition) is 3. The molecule has 1 aliphatic carbocycles. The van der Waals surface area contributed by atoms with E-state index in [9.17, 15) is 17.6 Å². The van der Waals surface area contributed by atoms with Gasteiger partial charge in [0.1, 0.15) is 5.82 Å². The van der Waals surface area contributed by atoms with Gasteiger partial charge in [-0.1, -0.05) is 37.8 Å². The Hall–Kier alpha value is -2.22. The summed E-state index contributed by atoms with van der Waals surface area (Å²) in [6.07, 6.45) is 7.73. The first-order valence-electron chi connectivity index (χ1n) is 9.21. The van der Waals surface area contributed by atoms with Crippen LogP contribution in [0.4, 0.5) is 4.39 Å². The summed E-state index contributed by atoms with van der Waals surface area (Å²) in [5.74, 6) is -0.699. The lowest BCUT2D eigenvalue weighted by Crippen LogP contribution is -2.39. The Kier molecular flexibility index (Phi) is 5.94. The molecule has 0 bridgehead atoms. The smallest absolute Gasteiger partial charge is 0.344 e. The van der Waals surface area contributed by atoms with Crippen LogP contribution in [0, 0.1) is 5.82 Å². The normalized spacial score (nSPS) is 20.4. The summed E-state index contributed by atoms with van der Waals surface area (Å²) in [7, 11) is -3.92. The molecule has 6 nitrogen and oxygen atoms in total. The summed E-state index contributed by atoms with van der Waals surface area (Å²) in [5.41, 5.74) is 1.03. The standard InChI is InChI=1S/C19H24FN3O3S/c1-14-18(19(24)21-17-6-4-2-3-5-7-17)13-23(27(25,26)22-14)12-15-8-10-16(20)11-9-15/h8-11,13,17H,2-7,12H2,1H3,(H,21,24). The molecular weight excluding hydrogens is 369 g/mol. The lowest BCUT2D eigenvalue weighted by Gasteiger charge is -2.25. The van der Waals surface area contributed by atoms with E-state index in [0.29, 0.717) is 5.56 Å². The Morgan fingerprint density at radius 3 is 2.44 bits per heavy atom. The van der Waals surface area contributed by atoms with Crippen LogP contribution in [0.3, 0.4) is 0 Å². The number of amides is 1. The van der Waals surface area contributed by atoms with Gasteiger partial charge in [0.05, 0.1) is 17.8 Å². The number of nitrogens with zero attached hydrogens (tertiary/aromatic N) is 2. The largest absolute Gasteiger partial charge is 0.349 e. The molecule has 1 saturated carbocycles. The summed E-state index contributed by atoms with van der Waals surface area (Å²) in [6.45, 7) is 1.50. The highest BCUT2D eigenvalue weighted by Crippen LogP contribution is 2.21. The lowest BCUT2D eigenvalue weighted by atomic mass is 10.1. The molecule has 1 aliphatic heterocycles. The van der Waals surface area contributed by atoms with Gasteiger partial charge in [-0.25, -0.2) is 4.39 Å². The number of benzene rings is 1. The van der Waals surface area contributed by atoms with Crippen LogP contribution in [0.15, 0.2) is 40.4 Å². The predicted octanol–water partition coefficient (Wildman–Crippen LogP) is 3.07. The monoisotopic (exact) mass is 393 g/mol. The fraction of sp³-hybridized carbons (Fsp3) is 0.474. The molecule has 1 N–H and O–H groups in total. The van der Waals surface area contributed by atoms with Crippen LogP contribution in [-0.2, 0) is 21.5 Å². The van der Waals surface area contributed by atoms with Crippen molar-refractivity contribution in [3.8, 4) is 0 Å². The minimum Gasteiger partial charge on any atom is -0.349 e. The van der Waals surface area contributed by atoms with E-state index < -0.39 is 16.0 Å². The third-order valence-electron chi connectivity index (χ3n) is 4.90. The van der Waals surface area contributed by atoms with Gasteiger partial charge in [0.25, 0.3) is 5.91 Å². The van der Waals surface area contributed by atoms with Gasteiger partial charge >= 0.3 is 10.2 Å². The van der Waals surface area contributed by atoms with Crippen LogP contribution in [0.1, 0.15) is 51.0 Å². The molecule has 0 unspecified atom stereocenters. The Bertz CT molecular complexity index is 855. The first-order chi connectivity index (χ1) is 12.8. The highest BCUT2D eigenvalue weighted by atomic mass is 32.2. The van der Waals surface area contributed by atoms with Gasteiger partial charge in [0.2, 0.25) is 0 Å². The molecule has 2 aliphatic rings. The number of rotatable bonds is 4. The molecule has 1 amide bonds. The van der Waals surface area contributed by atoms with Crippen molar-refractivity contribution in [1.82, 2.24) is 9.62 Å². The van der Waals surface area contributed by atoms with E-state index in [-0.39, 0.29) is 29.8 Å². The van der Waals surface area contributed by atoms with Crippen molar-refractivity contribution in [3.05, 3.63) is 47.4 Å². The van der Waals surface area contributed by atoms with E-state index in [0.717, 1.165) is 30.0 Å². The summed E-state index contributed by atoms with van der Waals surface area (Å²) in [5, 5.41) is 3.02. The minimum absolute atomic E-state index is 0.0143. The van der Waals surface area contributed by atoms with E-state index in [2.05, 4.69) is 9.71 Å². The van der Waals surface area contributed by atoms with Crippen LogP contribution in [-0.4, -0.2) is 30.4 Å². The fourth-order valence-corrected chi connectivity index (χ4v) is 4.49. The summed E-state index contributed by atoms with van der Waals surface area (Å²) < 4.78 is 42.5. The molecule has 0 aromatic heterocycles. The molecule has 0 atom stereocenters. The number of carbonyl (C=O) groups is 1. The molecule has 0 spiro atoms. The van der Waals surface area contributed by atoms with Gasteiger partial charge in [0, 0.05) is 12.2 Å². The predicted molar refractivity (Wildman–Crippen MR) is 102 cm³/mol. The second-order valence-corrected chi connectivity index (χ2v) is 8.58. The van der Waals surface area contributed by atoms with Gasteiger partial charge < -0.3 is 5.32 Å². The van der Waals surface area contributed by atoms with Crippen LogP contribution in [0.25, 0.3) is 0 Å². The van der Waals surface area contributed by atoms with Gasteiger partial charge in [-0.15, -0.1) is 4.40 Å². The maximum atomic E-state index is 13.1. The molecule has 3 rings (SSSR count). The molecule has 1 heterocycles. The van der Waals surface area contributed by atoms with E-state index in [4.69, 9.17) is 0 Å². The zero-order valence-corrected chi connectivity index (χ0v) is 16.1. The highest BCUT2D eigenvalue weighted by molar-refractivity contribution is 7.88. The van der Waals surface area contributed by atoms with Crippen LogP contribution >= 0.6 is 0 Å². The molecule has 0 radical (unpaired) electrons. The van der Waals surface area contributed by atoms with Crippen LogP contribution in [0.2, 0.25) is 0 Å². The van der Waals surface area contributed by atoms with E-state index in [1.54, 1.807) is 0 Å². The Morgan fingerprint density at radius 2 is 1.81 bits per heavy atom. The third-order valence-corrected chi connectivity index (χ3v) is 6.23. The highest BCUT2D eigenvalue weighted by Gasteiger charge is 2.29. The van der Waals surface area contributed by atoms with Crippen molar-refractivity contribution in [3.63, 3.8) is 0 Å². The van der Waals surface area contributed by atoms with Crippen LogP contribution < -0.4 is 5.32 Å². The second-order valence-electron chi connectivity index (χ2n) is 7.03. The average Bonchev–Trinajstić information content (AvgIpc) is 2.87. The quantitative estimate of drug-likeness (QED) is 0.799. The molecule has 27 heavy (non-hydrogen) atoms. The molecular formula is C19H24FN3O3S. The zero-order valence-electron chi connectivity index (χ0n) is 15.3. The van der Waals surface area contributed by atoms with Gasteiger partial charge in [0.15, 0.2) is 0 Å². The maximum absolute atomic E-state index is 13.1. The molecule has 0 saturated heterocycles. The molecule has 8 heteroatoms. The fourth-order valence-electron chi connectivity index (χ4n) is 3.39. The molecule has 1 aromatic rings. The number of carbonyl (C=O) groups excluding carboxylic acids is 1. The van der Waals surface area contributed by atoms with E-state index in [1.165, 1.54) is 50.2 Å².